The number of benzene rings is 2. The molecule has 0 aromatic heterocycles. The Labute approximate surface area is 105 Å². The minimum atomic E-state index is -0.603. The molecule has 0 aliphatic carbocycles. The van der Waals surface area contributed by atoms with E-state index in [1.165, 1.54) is 6.07 Å². The first-order valence-corrected chi connectivity index (χ1v) is 5.44. The maximum Gasteiger partial charge on any atom is 0.335 e. The van der Waals surface area contributed by atoms with Crippen molar-refractivity contribution >= 4 is 5.97 Å². The molecule has 0 heterocycles. The zero-order valence-corrected chi connectivity index (χ0v) is 9.67. The van der Waals surface area contributed by atoms with Crippen molar-refractivity contribution in [3.8, 4) is 22.6 Å². The van der Waals surface area contributed by atoms with Crippen LogP contribution in [0.5, 0.6) is 11.5 Å². The predicted molar refractivity (Wildman–Crippen MR) is 69.4 cm³/mol. The van der Waals surface area contributed by atoms with Crippen molar-refractivity contribution in [1.29, 1.82) is 0 Å². The highest BCUT2D eigenvalue weighted by atomic mass is 16.5. The molecular weight excluding hydrogens is 228 g/mol. The summed E-state index contributed by atoms with van der Waals surface area (Å²) >= 11 is 0. The van der Waals surface area contributed by atoms with Crippen LogP contribution in [0.3, 0.4) is 0 Å². The number of hydrogen-bond donors (Lipinski definition) is 1. The summed E-state index contributed by atoms with van der Waals surface area (Å²) in [7, 11) is 0. The molecule has 2 aromatic rings. The van der Waals surface area contributed by atoms with Crippen molar-refractivity contribution in [3.63, 3.8) is 0 Å². The molecule has 2 aromatic carbocycles. The topological polar surface area (TPSA) is 46.5 Å². The molecule has 1 N–H and O–H groups in total. The molecule has 0 saturated carbocycles. The molecule has 90 valence electrons. The fraction of sp³-hybridized carbons (Fsp3) is 0. The number of esters is 1. The Balaban J connectivity index is 2.51. The van der Waals surface area contributed by atoms with Crippen LogP contribution < -0.4 is 4.74 Å². The molecule has 0 unspecified atom stereocenters. The van der Waals surface area contributed by atoms with Gasteiger partial charge in [-0.25, -0.2) is 4.79 Å². The number of phenols is 1. The Bertz CT molecular complexity index is 574. The van der Waals surface area contributed by atoms with Gasteiger partial charge in [-0.15, -0.1) is 0 Å². The van der Waals surface area contributed by atoms with E-state index < -0.39 is 5.97 Å². The molecule has 0 spiro atoms. The van der Waals surface area contributed by atoms with E-state index in [-0.39, 0.29) is 11.5 Å². The second kappa shape index (κ2) is 5.19. The lowest BCUT2D eigenvalue weighted by molar-refractivity contribution is -0.129. The number of para-hydroxylation sites is 1. The lowest BCUT2D eigenvalue weighted by Gasteiger charge is -2.10. The first-order valence-electron chi connectivity index (χ1n) is 5.44. The molecule has 0 fully saturated rings. The summed E-state index contributed by atoms with van der Waals surface area (Å²) in [4.78, 5) is 11.3. The lowest BCUT2D eigenvalue weighted by atomic mass is 10.0. The second-order valence-corrected chi connectivity index (χ2v) is 3.65. The van der Waals surface area contributed by atoms with E-state index in [0.717, 1.165) is 11.6 Å². The Morgan fingerprint density at radius 2 is 1.83 bits per heavy atom. The van der Waals surface area contributed by atoms with Gasteiger partial charge >= 0.3 is 5.97 Å². The quantitative estimate of drug-likeness (QED) is 0.509. The summed E-state index contributed by atoms with van der Waals surface area (Å²) < 4.78 is 5.07. The summed E-state index contributed by atoms with van der Waals surface area (Å²) in [6.45, 7) is 3.33. The highest BCUT2D eigenvalue weighted by molar-refractivity contribution is 5.86. The van der Waals surface area contributed by atoms with Crippen LogP contribution in [0.2, 0.25) is 0 Å². The van der Waals surface area contributed by atoms with Crippen LogP contribution in [0.25, 0.3) is 11.1 Å². The van der Waals surface area contributed by atoms with Crippen LogP contribution in [-0.2, 0) is 4.79 Å². The molecule has 0 saturated heterocycles. The number of aromatic hydroxyl groups is 1. The first kappa shape index (κ1) is 11.9. The van der Waals surface area contributed by atoms with E-state index in [2.05, 4.69) is 6.58 Å². The van der Waals surface area contributed by atoms with Gasteiger partial charge < -0.3 is 9.84 Å². The third kappa shape index (κ3) is 2.40. The monoisotopic (exact) mass is 240 g/mol. The first-order chi connectivity index (χ1) is 8.72. The third-order valence-electron chi connectivity index (χ3n) is 2.45. The number of hydrogen-bond acceptors (Lipinski definition) is 3. The van der Waals surface area contributed by atoms with Crippen LogP contribution in [0.1, 0.15) is 0 Å². The lowest BCUT2D eigenvalue weighted by Crippen LogP contribution is -2.04. The Kier molecular flexibility index (Phi) is 3.44. The van der Waals surface area contributed by atoms with Crippen LogP contribution in [0.4, 0.5) is 0 Å². The Morgan fingerprint density at radius 1 is 1.11 bits per heavy atom. The average molecular weight is 240 g/mol. The molecule has 2 rings (SSSR count). The van der Waals surface area contributed by atoms with Crippen LogP contribution >= 0.6 is 0 Å². The minimum Gasteiger partial charge on any atom is -0.504 e. The SMILES string of the molecule is C=CC(=O)Oc1c(O)cccc1-c1ccccc1. The van der Waals surface area contributed by atoms with Gasteiger partial charge in [-0.05, 0) is 11.6 Å². The van der Waals surface area contributed by atoms with Gasteiger partial charge in [0.05, 0.1) is 0 Å². The Morgan fingerprint density at radius 3 is 2.50 bits per heavy atom. The van der Waals surface area contributed by atoms with E-state index in [0.29, 0.717) is 5.56 Å². The van der Waals surface area contributed by atoms with Crippen molar-refractivity contribution in [2.24, 2.45) is 0 Å². The summed E-state index contributed by atoms with van der Waals surface area (Å²) in [6, 6.07) is 14.3. The normalized spacial score (nSPS) is 9.78. The van der Waals surface area contributed by atoms with Gasteiger partial charge in [0.25, 0.3) is 0 Å². The van der Waals surface area contributed by atoms with E-state index >= 15 is 0 Å². The van der Waals surface area contributed by atoms with Crippen LogP contribution in [0, 0.1) is 0 Å². The van der Waals surface area contributed by atoms with Crippen molar-refractivity contribution in [3.05, 3.63) is 61.2 Å². The summed E-state index contributed by atoms with van der Waals surface area (Å²) in [5, 5.41) is 9.79. The molecule has 0 amide bonds. The molecule has 3 heteroatoms. The molecule has 0 radical (unpaired) electrons. The number of rotatable bonds is 3. The summed E-state index contributed by atoms with van der Waals surface area (Å²) in [6.07, 6.45) is 1.06. The summed E-state index contributed by atoms with van der Waals surface area (Å²) in [5.74, 6) is -0.533. The summed E-state index contributed by atoms with van der Waals surface area (Å²) in [5.41, 5.74) is 1.52. The molecule has 0 aliphatic heterocycles. The maximum absolute atomic E-state index is 11.3. The number of carbonyl (C=O) groups is 1. The molecule has 0 atom stereocenters. The van der Waals surface area contributed by atoms with E-state index in [1.807, 2.05) is 30.3 Å². The molecule has 0 bridgehead atoms. The number of phenolic OH excluding ortho intramolecular Hbond substituents is 1. The second-order valence-electron chi connectivity index (χ2n) is 3.65. The zero-order valence-electron chi connectivity index (χ0n) is 9.67. The Hall–Kier alpha value is -2.55. The molecule has 18 heavy (non-hydrogen) atoms. The fourth-order valence-electron chi connectivity index (χ4n) is 1.62. The van der Waals surface area contributed by atoms with E-state index in [9.17, 15) is 9.90 Å². The van der Waals surface area contributed by atoms with Crippen molar-refractivity contribution in [2.45, 2.75) is 0 Å². The van der Waals surface area contributed by atoms with E-state index in [4.69, 9.17) is 4.74 Å². The van der Waals surface area contributed by atoms with Gasteiger partial charge in [0.15, 0.2) is 11.5 Å². The zero-order chi connectivity index (χ0) is 13.0. The van der Waals surface area contributed by atoms with Crippen molar-refractivity contribution < 1.29 is 14.6 Å². The molecule has 3 nitrogen and oxygen atoms in total. The molecular formula is C15H12O3. The third-order valence-corrected chi connectivity index (χ3v) is 2.45. The van der Waals surface area contributed by atoms with Crippen molar-refractivity contribution in [2.75, 3.05) is 0 Å². The van der Waals surface area contributed by atoms with Gasteiger partial charge in [0, 0.05) is 11.6 Å². The van der Waals surface area contributed by atoms with Gasteiger partial charge in [-0.1, -0.05) is 49.0 Å². The maximum atomic E-state index is 11.3. The van der Waals surface area contributed by atoms with Gasteiger partial charge in [0.1, 0.15) is 0 Å². The standard InChI is InChI=1S/C15H12O3/c1-2-14(17)18-15-12(9-6-10-13(15)16)11-7-4-3-5-8-11/h2-10,16H,1H2. The van der Waals surface area contributed by atoms with Crippen LogP contribution in [-0.4, -0.2) is 11.1 Å². The van der Waals surface area contributed by atoms with Gasteiger partial charge in [0.2, 0.25) is 0 Å². The average Bonchev–Trinajstić information content (AvgIpc) is 2.42. The van der Waals surface area contributed by atoms with Crippen LogP contribution in [0.15, 0.2) is 61.2 Å². The van der Waals surface area contributed by atoms with Gasteiger partial charge in [-0.2, -0.15) is 0 Å². The van der Waals surface area contributed by atoms with E-state index in [1.54, 1.807) is 12.1 Å². The number of ether oxygens (including phenoxy) is 1. The predicted octanol–water partition coefficient (Wildman–Crippen LogP) is 3.15. The minimum absolute atomic E-state index is 0.0773. The van der Waals surface area contributed by atoms with Gasteiger partial charge in [-0.3, -0.25) is 0 Å². The van der Waals surface area contributed by atoms with Crippen molar-refractivity contribution in [1.82, 2.24) is 0 Å². The number of carbonyl (C=O) groups excluding carboxylic acids is 1. The largest absolute Gasteiger partial charge is 0.504 e. The fourth-order valence-corrected chi connectivity index (χ4v) is 1.62. The smallest absolute Gasteiger partial charge is 0.335 e. The highest BCUT2D eigenvalue weighted by Gasteiger charge is 2.13. The molecule has 0 aliphatic rings. The highest BCUT2D eigenvalue weighted by Crippen LogP contribution is 2.37.